The van der Waals surface area contributed by atoms with Gasteiger partial charge >= 0.3 is 0 Å². The zero-order valence-corrected chi connectivity index (χ0v) is 7.71. The van der Waals surface area contributed by atoms with Crippen molar-refractivity contribution in [3.8, 4) is 0 Å². The fourth-order valence-corrected chi connectivity index (χ4v) is 4.01. The van der Waals surface area contributed by atoms with Gasteiger partial charge < -0.3 is 0 Å². The monoisotopic (exact) mass is 178 g/mol. The van der Waals surface area contributed by atoms with Gasteiger partial charge in [-0.25, -0.2) is 0 Å². The number of carbonyl (C=O) groups excluding carboxylic acids is 2. The maximum absolute atomic E-state index is 11.6. The summed E-state index contributed by atoms with van der Waals surface area (Å²) in [6, 6.07) is 0. The van der Waals surface area contributed by atoms with E-state index < -0.39 is 0 Å². The van der Waals surface area contributed by atoms with Crippen LogP contribution in [-0.4, -0.2) is 11.6 Å². The molecule has 3 aliphatic carbocycles. The third-order valence-corrected chi connectivity index (χ3v) is 4.54. The van der Waals surface area contributed by atoms with E-state index in [2.05, 4.69) is 0 Å². The molecule has 2 atom stereocenters. The van der Waals surface area contributed by atoms with Crippen molar-refractivity contribution in [1.82, 2.24) is 0 Å². The summed E-state index contributed by atoms with van der Waals surface area (Å²) in [6.07, 6.45) is 6.73. The first-order valence-corrected chi connectivity index (χ1v) is 5.34. The normalized spacial score (nSPS) is 40.9. The largest absolute Gasteiger partial charge is 0.291 e. The van der Waals surface area contributed by atoms with E-state index in [1.54, 1.807) is 0 Å². The molecule has 1 spiro atoms. The van der Waals surface area contributed by atoms with Crippen LogP contribution in [-0.2, 0) is 9.59 Å². The van der Waals surface area contributed by atoms with Gasteiger partial charge in [0.15, 0.2) is 0 Å². The molecule has 0 radical (unpaired) electrons. The average Bonchev–Trinajstić information content (AvgIpc) is 2.76. The summed E-state index contributed by atoms with van der Waals surface area (Å²) in [5.74, 6) is 0.205. The maximum atomic E-state index is 11.6. The molecule has 2 heteroatoms. The van der Waals surface area contributed by atoms with E-state index in [1.807, 2.05) is 0 Å². The van der Waals surface area contributed by atoms with Gasteiger partial charge in [0, 0.05) is 11.8 Å². The second kappa shape index (κ2) is 2.23. The first kappa shape index (κ1) is 7.72. The summed E-state index contributed by atoms with van der Waals surface area (Å²) in [5.41, 5.74) is 0.161. The van der Waals surface area contributed by atoms with E-state index in [0.717, 1.165) is 25.7 Å². The fraction of sp³-hybridized carbons (Fsp3) is 0.818. The zero-order chi connectivity index (χ0) is 9.05. The Morgan fingerprint density at radius 2 is 1.38 bits per heavy atom. The van der Waals surface area contributed by atoms with Crippen LogP contribution in [0.5, 0.6) is 0 Å². The summed E-state index contributed by atoms with van der Waals surface area (Å²) < 4.78 is 0. The molecule has 0 heterocycles. The highest BCUT2D eigenvalue weighted by atomic mass is 16.2. The summed E-state index contributed by atoms with van der Waals surface area (Å²) in [4.78, 5) is 23.2. The van der Waals surface area contributed by atoms with Crippen LogP contribution in [0.15, 0.2) is 0 Å². The molecule has 0 aliphatic heterocycles. The number of carbonyl (C=O) groups is 2. The van der Waals surface area contributed by atoms with Gasteiger partial charge in [-0.1, -0.05) is 12.8 Å². The molecule has 0 saturated heterocycles. The molecule has 13 heavy (non-hydrogen) atoms. The molecule has 3 fully saturated rings. The van der Waals surface area contributed by atoms with Crippen molar-refractivity contribution in [2.45, 2.75) is 38.5 Å². The third-order valence-electron chi connectivity index (χ3n) is 4.54. The Kier molecular flexibility index (Phi) is 1.32. The predicted octanol–water partition coefficient (Wildman–Crippen LogP) is 1.72. The van der Waals surface area contributed by atoms with E-state index in [4.69, 9.17) is 0 Å². The van der Waals surface area contributed by atoms with Crippen molar-refractivity contribution in [3.63, 3.8) is 0 Å². The highest BCUT2D eigenvalue weighted by Crippen LogP contribution is 2.62. The Hall–Kier alpha value is -0.660. The highest BCUT2D eigenvalue weighted by molar-refractivity contribution is 6.42. The average molecular weight is 178 g/mol. The molecule has 0 aromatic rings. The maximum Gasteiger partial charge on any atom is 0.202 e. The van der Waals surface area contributed by atoms with Crippen molar-refractivity contribution in [2.24, 2.45) is 17.3 Å². The smallest absolute Gasteiger partial charge is 0.202 e. The van der Waals surface area contributed by atoms with Gasteiger partial charge in [0.2, 0.25) is 11.6 Å². The lowest BCUT2D eigenvalue weighted by Gasteiger charge is -2.26. The van der Waals surface area contributed by atoms with Gasteiger partial charge in [-0.15, -0.1) is 0 Å². The van der Waals surface area contributed by atoms with E-state index in [9.17, 15) is 9.59 Å². The van der Waals surface area contributed by atoms with E-state index in [-0.39, 0.29) is 28.8 Å². The third kappa shape index (κ3) is 0.710. The SMILES string of the molecule is O=C1C(=O)C2CCC1C21CCCC1. The van der Waals surface area contributed by atoms with Gasteiger partial charge in [-0.05, 0) is 31.1 Å². The summed E-state index contributed by atoms with van der Waals surface area (Å²) in [7, 11) is 0. The van der Waals surface area contributed by atoms with Crippen molar-refractivity contribution < 1.29 is 9.59 Å². The number of ketones is 2. The van der Waals surface area contributed by atoms with Gasteiger partial charge in [0.25, 0.3) is 0 Å². The molecule has 3 rings (SSSR count). The van der Waals surface area contributed by atoms with Crippen LogP contribution < -0.4 is 0 Å². The highest BCUT2D eigenvalue weighted by Gasteiger charge is 2.63. The van der Waals surface area contributed by atoms with E-state index in [1.165, 1.54) is 12.8 Å². The number of Topliss-reactive ketones (excluding diaryl/α,β-unsaturated/α-hetero) is 2. The van der Waals surface area contributed by atoms with Crippen molar-refractivity contribution >= 4 is 11.6 Å². The second-order valence-electron chi connectivity index (χ2n) is 4.85. The van der Waals surface area contributed by atoms with Crippen LogP contribution in [0, 0.1) is 17.3 Å². The fourth-order valence-electron chi connectivity index (χ4n) is 4.01. The van der Waals surface area contributed by atoms with Crippen LogP contribution in [0.2, 0.25) is 0 Å². The Morgan fingerprint density at radius 1 is 0.923 bits per heavy atom. The summed E-state index contributed by atoms with van der Waals surface area (Å²) in [5, 5.41) is 0. The summed E-state index contributed by atoms with van der Waals surface area (Å²) >= 11 is 0. The van der Waals surface area contributed by atoms with Gasteiger partial charge in [0.05, 0.1) is 0 Å². The van der Waals surface area contributed by atoms with Gasteiger partial charge in [-0.3, -0.25) is 9.59 Å². The molecular formula is C11H14O2. The molecule has 2 nitrogen and oxygen atoms in total. The van der Waals surface area contributed by atoms with Crippen LogP contribution >= 0.6 is 0 Å². The molecule has 0 N–H and O–H groups in total. The van der Waals surface area contributed by atoms with Crippen molar-refractivity contribution in [3.05, 3.63) is 0 Å². The molecule has 2 unspecified atom stereocenters. The van der Waals surface area contributed by atoms with E-state index >= 15 is 0 Å². The Morgan fingerprint density at radius 3 is 1.85 bits per heavy atom. The second-order valence-corrected chi connectivity index (χ2v) is 4.85. The lowest BCUT2D eigenvalue weighted by atomic mass is 9.76. The molecule has 0 aromatic carbocycles. The molecule has 3 aliphatic rings. The van der Waals surface area contributed by atoms with Gasteiger partial charge in [-0.2, -0.15) is 0 Å². The lowest BCUT2D eigenvalue weighted by molar-refractivity contribution is -0.138. The number of hydrogen-bond acceptors (Lipinski definition) is 2. The Labute approximate surface area is 77.7 Å². The van der Waals surface area contributed by atoms with Crippen molar-refractivity contribution in [2.75, 3.05) is 0 Å². The Balaban J connectivity index is 2.07. The number of rotatable bonds is 0. The van der Waals surface area contributed by atoms with Crippen LogP contribution in [0.25, 0.3) is 0 Å². The topological polar surface area (TPSA) is 34.1 Å². The van der Waals surface area contributed by atoms with Crippen molar-refractivity contribution in [1.29, 1.82) is 0 Å². The standard InChI is InChI=1S/C11H14O2/c12-9-7-3-4-8(10(9)13)11(7)5-1-2-6-11/h7-8H,1-6H2. The van der Waals surface area contributed by atoms with E-state index in [0.29, 0.717) is 0 Å². The predicted molar refractivity (Wildman–Crippen MR) is 47.1 cm³/mol. The van der Waals surface area contributed by atoms with Gasteiger partial charge in [0.1, 0.15) is 0 Å². The lowest BCUT2D eigenvalue weighted by Crippen LogP contribution is -2.23. The molecular weight excluding hydrogens is 164 g/mol. The minimum Gasteiger partial charge on any atom is -0.291 e. The zero-order valence-electron chi connectivity index (χ0n) is 7.71. The number of hydrogen-bond donors (Lipinski definition) is 0. The van der Waals surface area contributed by atoms with Crippen LogP contribution in [0.1, 0.15) is 38.5 Å². The van der Waals surface area contributed by atoms with Crippen LogP contribution in [0.4, 0.5) is 0 Å². The first-order valence-electron chi connectivity index (χ1n) is 5.34. The summed E-state index contributed by atoms with van der Waals surface area (Å²) in [6.45, 7) is 0. The van der Waals surface area contributed by atoms with Crippen LogP contribution in [0.3, 0.4) is 0 Å². The molecule has 2 bridgehead atoms. The molecule has 3 saturated carbocycles. The first-order chi connectivity index (χ1) is 6.26. The quantitative estimate of drug-likeness (QED) is 0.529. The minimum absolute atomic E-state index is 0.0295. The minimum atomic E-state index is -0.0295. The molecule has 70 valence electrons. The Bertz CT molecular complexity index is 262. The molecule has 0 aromatic heterocycles. The molecule has 0 amide bonds.